The second-order valence-electron chi connectivity index (χ2n) is 6.83. The van der Waals surface area contributed by atoms with Gasteiger partial charge in [0, 0.05) is 41.8 Å². The van der Waals surface area contributed by atoms with Crippen molar-refractivity contribution < 1.29 is 0 Å². The normalized spacial score (nSPS) is 27.3. The lowest BCUT2D eigenvalue weighted by Gasteiger charge is -2.43. The third-order valence-electron chi connectivity index (χ3n) is 4.84. The first kappa shape index (κ1) is 15.6. The Labute approximate surface area is 137 Å². The second kappa shape index (κ2) is 6.45. The molecule has 0 aromatic heterocycles. The van der Waals surface area contributed by atoms with Crippen molar-refractivity contribution in [2.75, 3.05) is 13.1 Å². The predicted molar refractivity (Wildman–Crippen MR) is 90.0 cm³/mol. The largest absolute Gasteiger partial charge is 0.311 e. The van der Waals surface area contributed by atoms with Gasteiger partial charge in [-0.05, 0) is 42.4 Å². The van der Waals surface area contributed by atoms with Gasteiger partial charge in [0.05, 0.1) is 0 Å². The van der Waals surface area contributed by atoms with Crippen LogP contribution in [-0.4, -0.2) is 30.1 Å². The van der Waals surface area contributed by atoms with Gasteiger partial charge in [0.25, 0.3) is 0 Å². The van der Waals surface area contributed by atoms with Crippen LogP contribution < -0.4 is 5.32 Å². The number of halogens is 2. The third-order valence-corrected chi connectivity index (χ3v) is 5.43. The van der Waals surface area contributed by atoms with Gasteiger partial charge in [-0.25, -0.2) is 0 Å². The van der Waals surface area contributed by atoms with Crippen molar-refractivity contribution in [2.45, 2.75) is 45.3 Å². The topological polar surface area (TPSA) is 15.3 Å². The Kier molecular flexibility index (Phi) is 4.80. The monoisotopic (exact) mass is 326 g/mol. The van der Waals surface area contributed by atoms with Crippen LogP contribution >= 0.6 is 23.2 Å². The molecule has 21 heavy (non-hydrogen) atoms. The fourth-order valence-electron chi connectivity index (χ4n) is 3.38. The van der Waals surface area contributed by atoms with Crippen molar-refractivity contribution >= 4 is 23.2 Å². The molecule has 1 saturated heterocycles. The van der Waals surface area contributed by atoms with Crippen molar-refractivity contribution in [3.05, 3.63) is 33.8 Å². The van der Waals surface area contributed by atoms with Crippen LogP contribution in [0, 0.1) is 11.8 Å². The number of piperazine rings is 1. The summed E-state index contributed by atoms with van der Waals surface area (Å²) in [5, 5.41) is 5.25. The van der Waals surface area contributed by atoms with Gasteiger partial charge in [0.1, 0.15) is 0 Å². The van der Waals surface area contributed by atoms with Crippen LogP contribution in [0.15, 0.2) is 18.2 Å². The zero-order valence-electron chi connectivity index (χ0n) is 12.8. The summed E-state index contributed by atoms with van der Waals surface area (Å²) < 4.78 is 0. The minimum absolute atomic E-state index is 0.576. The summed E-state index contributed by atoms with van der Waals surface area (Å²) >= 11 is 12.4. The Balaban J connectivity index is 1.74. The molecule has 3 rings (SSSR count). The molecule has 2 unspecified atom stereocenters. The van der Waals surface area contributed by atoms with Crippen molar-refractivity contribution in [3.63, 3.8) is 0 Å². The lowest BCUT2D eigenvalue weighted by atomic mass is 9.96. The Morgan fingerprint density at radius 2 is 2.05 bits per heavy atom. The van der Waals surface area contributed by atoms with Gasteiger partial charge in [0.15, 0.2) is 0 Å². The van der Waals surface area contributed by atoms with Crippen LogP contribution in [0.25, 0.3) is 0 Å². The van der Waals surface area contributed by atoms with E-state index < -0.39 is 0 Å². The van der Waals surface area contributed by atoms with E-state index in [-0.39, 0.29) is 0 Å². The van der Waals surface area contributed by atoms with E-state index >= 15 is 0 Å². The molecule has 0 bridgehead atoms. The van der Waals surface area contributed by atoms with E-state index in [1.54, 1.807) is 0 Å². The number of rotatable bonds is 4. The molecule has 1 aromatic carbocycles. The minimum Gasteiger partial charge on any atom is -0.311 e. The molecule has 0 spiro atoms. The number of hydrogen-bond acceptors (Lipinski definition) is 2. The van der Waals surface area contributed by atoms with Crippen molar-refractivity contribution in [1.29, 1.82) is 0 Å². The van der Waals surface area contributed by atoms with E-state index in [0.717, 1.165) is 30.6 Å². The molecule has 0 amide bonds. The predicted octanol–water partition coefficient (Wildman–Crippen LogP) is 4.20. The summed E-state index contributed by atoms with van der Waals surface area (Å²) in [5.74, 6) is 1.53. The minimum atomic E-state index is 0.576. The van der Waals surface area contributed by atoms with Crippen LogP contribution in [0.2, 0.25) is 10.0 Å². The molecule has 2 aliphatic rings. The van der Waals surface area contributed by atoms with E-state index in [1.165, 1.54) is 18.4 Å². The average molecular weight is 327 g/mol. The Bertz CT molecular complexity index is 500. The molecule has 2 nitrogen and oxygen atoms in total. The van der Waals surface area contributed by atoms with Crippen LogP contribution in [0.3, 0.4) is 0 Å². The summed E-state index contributed by atoms with van der Waals surface area (Å²) in [6.07, 6.45) is 2.78. The second-order valence-corrected chi connectivity index (χ2v) is 7.67. The Morgan fingerprint density at radius 3 is 2.67 bits per heavy atom. The Morgan fingerprint density at radius 1 is 1.29 bits per heavy atom. The van der Waals surface area contributed by atoms with E-state index in [2.05, 4.69) is 30.1 Å². The van der Waals surface area contributed by atoms with Gasteiger partial charge in [-0.1, -0.05) is 43.1 Å². The molecule has 1 heterocycles. The van der Waals surface area contributed by atoms with Gasteiger partial charge in [0.2, 0.25) is 0 Å². The summed E-state index contributed by atoms with van der Waals surface area (Å²) in [5.41, 5.74) is 1.18. The van der Waals surface area contributed by atoms with Gasteiger partial charge in [-0.2, -0.15) is 0 Å². The molecule has 1 saturated carbocycles. The fraction of sp³-hybridized carbons (Fsp3) is 0.647. The lowest BCUT2D eigenvalue weighted by Crippen LogP contribution is -2.58. The van der Waals surface area contributed by atoms with Crippen molar-refractivity contribution in [2.24, 2.45) is 11.8 Å². The van der Waals surface area contributed by atoms with Crippen LogP contribution in [0.5, 0.6) is 0 Å². The van der Waals surface area contributed by atoms with Crippen LogP contribution in [-0.2, 0) is 6.54 Å². The summed E-state index contributed by atoms with van der Waals surface area (Å²) in [6, 6.07) is 7.09. The van der Waals surface area contributed by atoms with Crippen LogP contribution in [0.1, 0.15) is 32.3 Å². The molecule has 2 fully saturated rings. The first-order valence-electron chi connectivity index (χ1n) is 7.96. The number of hydrogen-bond donors (Lipinski definition) is 1. The lowest BCUT2D eigenvalue weighted by molar-refractivity contribution is 0.0852. The molecular weight excluding hydrogens is 303 g/mol. The fourth-order valence-corrected chi connectivity index (χ4v) is 3.84. The number of benzene rings is 1. The van der Waals surface area contributed by atoms with E-state index in [9.17, 15) is 0 Å². The summed E-state index contributed by atoms with van der Waals surface area (Å²) in [4.78, 5) is 2.61. The molecule has 0 radical (unpaired) electrons. The number of nitrogens with one attached hydrogen (secondary N) is 1. The highest BCUT2D eigenvalue weighted by Crippen LogP contribution is 2.35. The first-order chi connectivity index (χ1) is 10.0. The Hall–Kier alpha value is -0.280. The average Bonchev–Trinajstić information content (AvgIpc) is 3.26. The molecular formula is C17H24Cl2N2. The molecule has 116 valence electrons. The number of nitrogens with zero attached hydrogens (tertiary/aromatic N) is 1. The van der Waals surface area contributed by atoms with E-state index in [0.29, 0.717) is 23.0 Å². The van der Waals surface area contributed by atoms with E-state index in [4.69, 9.17) is 23.2 Å². The van der Waals surface area contributed by atoms with Gasteiger partial charge in [-0.15, -0.1) is 0 Å². The van der Waals surface area contributed by atoms with Crippen LogP contribution in [0.4, 0.5) is 0 Å². The van der Waals surface area contributed by atoms with Crippen molar-refractivity contribution in [3.8, 4) is 0 Å². The first-order valence-corrected chi connectivity index (χ1v) is 8.71. The summed E-state index contributed by atoms with van der Waals surface area (Å²) in [7, 11) is 0. The smallest absolute Gasteiger partial charge is 0.0465 e. The maximum Gasteiger partial charge on any atom is 0.0465 e. The molecule has 1 aromatic rings. The van der Waals surface area contributed by atoms with Gasteiger partial charge < -0.3 is 5.32 Å². The molecule has 1 aliphatic carbocycles. The maximum absolute atomic E-state index is 6.36. The maximum atomic E-state index is 6.36. The highest BCUT2D eigenvalue weighted by atomic mass is 35.5. The quantitative estimate of drug-likeness (QED) is 0.891. The molecule has 1 N–H and O–H groups in total. The molecule has 1 aliphatic heterocycles. The molecule has 2 atom stereocenters. The standard InChI is InChI=1S/C17H24Cl2N2/c1-11(2)17-8-20-16(12-3-4-12)10-21(17)9-13-5-6-14(18)7-15(13)19/h5-7,11-12,16-17,20H,3-4,8-10H2,1-2H3. The third kappa shape index (κ3) is 3.73. The van der Waals surface area contributed by atoms with E-state index in [1.807, 2.05) is 12.1 Å². The SMILES string of the molecule is CC(C)C1CNC(C2CC2)CN1Cc1ccc(Cl)cc1Cl. The highest BCUT2D eigenvalue weighted by molar-refractivity contribution is 6.35. The zero-order chi connectivity index (χ0) is 15.0. The van der Waals surface area contributed by atoms with Gasteiger partial charge in [-0.3, -0.25) is 4.90 Å². The van der Waals surface area contributed by atoms with Gasteiger partial charge >= 0.3 is 0 Å². The van der Waals surface area contributed by atoms with Crippen molar-refractivity contribution in [1.82, 2.24) is 10.2 Å². The highest BCUT2D eigenvalue weighted by Gasteiger charge is 2.37. The molecule has 4 heteroatoms. The summed E-state index contributed by atoms with van der Waals surface area (Å²) in [6.45, 7) is 7.75. The zero-order valence-corrected chi connectivity index (χ0v) is 14.3.